The molecular formula is C17H19Cl2N5O. The number of halogens is 2. The number of amides is 2. The molecule has 0 saturated carbocycles. The van der Waals surface area contributed by atoms with Crippen molar-refractivity contribution in [2.75, 3.05) is 48.8 Å². The van der Waals surface area contributed by atoms with E-state index in [1.165, 1.54) is 0 Å². The largest absolute Gasteiger partial charge is 0.354 e. The van der Waals surface area contributed by atoms with Crippen molar-refractivity contribution >= 4 is 46.4 Å². The summed E-state index contributed by atoms with van der Waals surface area (Å²) in [6, 6.07) is 8.30. The molecular weight excluding hydrogens is 361 g/mol. The van der Waals surface area contributed by atoms with Crippen molar-refractivity contribution in [2.45, 2.75) is 0 Å². The lowest BCUT2D eigenvalue weighted by Gasteiger charge is -2.33. The number of pyridine rings is 1. The molecule has 1 aliphatic rings. The molecule has 1 fully saturated rings. The van der Waals surface area contributed by atoms with Gasteiger partial charge in [-0.25, -0.2) is 9.78 Å². The van der Waals surface area contributed by atoms with Crippen LogP contribution in [0.4, 0.5) is 22.0 Å². The Bertz CT molecular complexity index is 745. The van der Waals surface area contributed by atoms with Crippen LogP contribution < -0.4 is 15.5 Å². The predicted molar refractivity (Wildman–Crippen MR) is 103 cm³/mol. The van der Waals surface area contributed by atoms with Crippen molar-refractivity contribution in [2.24, 2.45) is 0 Å². The van der Waals surface area contributed by atoms with Crippen molar-refractivity contribution in [1.29, 1.82) is 0 Å². The summed E-state index contributed by atoms with van der Waals surface area (Å²) in [5.41, 5.74) is 1.18. The molecule has 3 rings (SSSR count). The molecule has 0 spiro atoms. The van der Waals surface area contributed by atoms with E-state index in [0.717, 1.165) is 32.0 Å². The molecule has 2 N–H and O–H groups in total. The van der Waals surface area contributed by atoms with Crippen LogP contribution in [0.2, 0.25) is 10.0 Å². The fourth-order valence-electron chi connectivity index (χ4n) is 2.55. The summed E-state index contributed by atoms with van der Waals surface area (Å²) in [4.78, 5) is 21.0. The molecule has 6 nitrogen and oxygen atoms in total. The number of nitrogens with zero attached hydrogens (tertiary/aromatic N) is 3. The summed E-state index contributed by atoms with van der Waals surface area (Å²) in [6.07, 6.45) is 1.65. The average molecular weight is 380 g/mol. The minimum atomic E-state index is -0.368. The highest BCUT2D eigenvalue weighted by Crippen LogP contribution is 2.25. The van der Waals surface area contributed by atoms with Crippen LogP contribution in [0, 0.1) is 0 Å². The first-order chi connectivity index (χ1) is 12.0. The zero-order valence-corrected chi connectivity index (χ0v) is 15.3. The molecule has 1 aromatic carbocycles. The van der Waals surface area contributed by atoms with Gasteiger partial charge in [-0.05, 0) is 37.4 Å². The van der Waals surface area contributed by atoms with Gasteiger partial charge in [0.05, 0.1) is 21.9 Å². The molecule has 2 aromatic rings. The molecule has 0 atom stereocenters. The van der Waals surface area contributed by atoms with Gasteiger partial charge in [-0.3, -0.25) is 0 Å². The lowest BCUT2D eigenvalue weighted by molar-refractivity contribution is 0.262. The molecule has 0 bridgehead atoms. The van der Waals surface area contributed by atoms with Gasteiger partial charge in [0.25, 0.3) is 0 Å². The maximum Gasteiger partial charge on any atom is 0.323 e. The summed E-state index contributed by atoms with van der Waals surface area (Å²) in [5, 5.41) is 6.28. The third-order valence-electron chi connectivity index (χ3n) is 4.01. The number of hydrogen-bond acceptors (Lipinski definition) is 4. The normalized spacial score (nSPS) is 15.1. The minimum Gasteiger partial charge on any atom is -0.354 e. The standard InChI is InChI=1S/C17H19Cl2N5O/c1-23-6-8-24(9-7-23)16-5-3-13(11-20-16)22-17(25)21-12-2-4-14(18)15(19)10-12/h2-5,10-11H,6-9H2,1H3,(H2,21,22,25). The third kappa shape index (κ3) is 4.75. The number of hydrogen-bond donors (Lipinski definition) is 2. The minimum absolute atomic E-state index is 0.368. The van der Waals surface area contributed by atoms with Crippen LogP contribution in [-0.2, 0) is 0 Å². The smallest absolute Gasteiger partial charge is 0.323 e. The highest BCUT2D eigenvalue weighted by molar-refractivity contribution is 6.42. The fraction of sp³-hybridized carbons (Fsp3) is 0.294. The molecule has 0 aliphatic carbocycles. The topological polar surface area (TPSA) is 60.5 Å². The van der Waals surface area contributed by atoms with Crippen molar-refractivity contribution in [3.63, 3.8) is 0 Å². The van der Waals surface area contributed by atoms with Gasteiger partial charge < -0.3 is 20.4 Å². The average Bonchev–Trinajstić information content (AvgIpc) is 2.60. The van der Waals surface area contributed by atoms with Gasteiger partial charge >= 0.3 is 6.03 Å². The Kier molecular flexibility index (Phi) is 5.63. The highest BCUT2D eigenvalue weighted by atomic mass is 35.5. The Morgan fingerprint density at radius 1 is 1.00 bits per heavy atom. The number of nitrogens with one attached hydrogen (secondary N) is 2. The second-order valence-electron chi connectivity index (χ2n) is 5.90. The maximum absolute atomic E-state index is 12.1. The van der Waals surface area contributed by atoms with E-state index in [9.17, 15) is 4.79 Å². The molecule has 25 heavy (non-hydrogen) atoms. The van der Waals surface area contributed by atoms with Gasteiger partial charge in [-0.2, -0.15) is 0 Å². The van der Waals surface area contributed by atoms with Crippen molar-refractivity contribution in [1.82, 2.24) is 9.88 Å². The van der Waals surface area contributed by atoms with Gasteiger partial charge in [-0.15, -0.1) is 0 Å². The molecule has 1 aromatic heterocycles. The molecule has 2 heterocycles. The first kappa shape index (κ1) is 17.8. The predicted octanol–water partition coefficient (Wildman–Crippen LogP) is 3.78. The second-order valence-corrected chi connectivity index (χ2v) is 6.72. The fourth-order valence-corrected chi connectivity index (χ4v) is 2.85. The summed E-state index contributed by atoms with van der Waals surface area (Å²) < 4.78 is 0. The van der Waals surface area contributed by atoms with E-state index in [1.807, 2.05) is 12.1 Å². The van der Waals surface area contributed by atoms with Gasteiger partial charge in [0.15, 0.2) is 0 Å². The molecule has 0 unspecified atom stereocenters. The number of urea groups is 1. The first-order valence-electron chi connectivity index (χ1n) is 7.94. The number of carbonyl (C=O) groups is 1. The Balaban J connectivity index is 1.57. The van der Waals surface area contributed by atoms with Gasteiger partial charge in [0, 0.05) is 31.9 Å². The van der Waals surface area contributed by atoms with Crippen LogP contribution >= 0.6 is 23.2 Å². The van der Waals surface area contributed by atoms with Crippen molar-refractivity contribution in [3.8, 4) is 0 Å². The number of benzene rings is 1. The first-order valence-corrected chi connectivity index (χ1v) is 8.69. The Labute approximate surface area is 156 Å². The number of aromatic nitrogens is 1. The maximum atomic E-state index is 12.1. The van der Waals surface area contributed by atoms with Gasteiger partial charge in [0.1, 0.15) is 5.82 Å². The molecule has 1 aliphatic heterocycles. The van der Waals surface area contributed by atoms with Crippen LogP contribution in [0.15, 0.2) is 36.5 Å². The van der Waals surface area contributed by atoms with E-state index in [4.69, 9.17) is 23.2 Å². The van der Waals surface area contributed by atoms with Crippen molar-refractivity contribution in [3.05, 3.63) is 46.6 Å². The summed E-state index contributed by atoms with van der Waals surface area (Å²) in [7, 11) is 2.12. The van der Waals surface area contributed by atoms with Crippen LogP contribution in [-0.4, -0.2) is 49.1 Å². The van der Waals surface area contributed by atoms with E-state index in [-0.39, 0.29) is 6.03 Å². The van der Waals surface area contributed by atoms with Gasteiger partial charge in [-0.1, -0.05) is 23.2 Å². The zero-order valence-electron chi connectivity index (χ0n) is 13.8. The molecule has 8 heteroatoms. The van der Waals surface area contributed by atoms with Crippen LogP contribution in [0.1, 0.15) is 0 Å². The van der Waals surface area contributed by atoms with Crippen molar-refractivity contribution < 1.29 is 4.79 Å². The lowest BCUT2D eigenvalue weighted by atomic mass is 10.3. The Hall–Kier alpha value is -2.02. The number of carbonyl (C=O) groups excluding carboxylic acids is 1. The van der Waals surface area contributed by atoms with E-state index < -0.39 is 0 Å². The summed E-state index contributed by atoms with van der Waals surface area (Å²) in [5.74, 6) is 0.920. The van der Waals surface area contributed by atoms with E-state index >= 15 is 0 Å². The molecule has 2 amide bonds. The second kappa shape index (κ2) is 7.91. The van der Waals surface area contributed by atoms with E-state index in [1.54, 1.807) is 24.4 Å². The summed E-state index contributed by atoms with van der Waals surface area (Å²) >= 11 is 11.8. The highest BCUT2D eigenvalue weighted by Gasteiger charge is 2.15. The Morgan fingerprint density at radius 2 is 1.68 bits per heavy atom. The van der Waals surface area contributed by atoms with Gasteiger partial charge in [0.2, 0.25) is 0 Å². The van der Waals surface area contributed by atoms with E-state index in [0.29, 0.717) is 21.4 Å². The lowest BCUT2D eigenvalue weighted by Crippen LogP contribution is -2.44. The SMILES string of the molecule is CN1CCN(c2ccc(NC(=O)Nc3ccc(Cl)c(Cl)c3)cn2)CC1. The number of likely N-dealkylation sites (N-methyl/N-ethyl adjacent to an activating group) is 1. The zero-order chi connectivity index (χ0) is 17.8. The van der Waals surface area contributed by atoms with Crippen LogP contribution in [0.5, 0.6) is 0 Å². The molecule has 1 saturated heterocycles. The van der Waals surface area contributed by atoms with E-state index in [2.05, 4.69) is 32.5 Å². The summed E-state index contributed by atoms with van der Waals surface area (Å²) in [6.45, 7) is 3.95. The number of anilines is 3. The van der Waals surface area contributed by atoms with Crippen LogP contribution in [0.3, 0.4) is 0 Å². The quantitative estimate of drug-likeness (QED) is 0.851. The third-order valence-corrected chi connectivity index (χ3v) is 4.75. The Morgan fingerprint density at radius 3 is 2.32 bits per heavy atom. The molecule has 0 radical (unpaired) electrons. The number of rotatable bonds is 3. The monoisotopic (exact) mass is 379 g/mol. The number of piperazine rings is 1. The van der Waals surface area contributed by atoms with Crippen LogP contribution in [0.25, 0.3) is 0 Å². The molecule has 132 valence electrons.